The molecule has 2 rings (SSSR count). The number of nitrogens with one attached hydrogen (secondary N) is 1. The topological polar surface area (TPSA) is 72.5 Å². The van der Waals surface area contributed by atoms with Crippen LogP contribution in [0, 0.1) is 0 Å². The summed E-state index contributed by atoms with van der Waals surface area (Å²) in [6.45, 7) is 2.48. The molecule has 0 bridgehead atoms. The number of sulfonamides is 1. The van der Waals surface area contributed by atoms with Gasteiger partial charge in [0, 0.05) is 16.4 Å². The molecule has 0 radical (unpaired) electrons. The SMILES string of the molecule is CCOC(=O)CCc1cc(CCNS(=O)(=O)c2ccc(Cl)cc2)cs1. The Morgan fingerprint density at radius 2 is 1.96 bits per heavy atom. The fourth-order valence-corrected chi connectivity index (χ4v) is 4.26. The molecule has 0 amide bonds. The van der Waals surface area contributed by atoms with Gasteiger partial charge in [0.05, 0.1) is 17.9 Å². The van der Waals surface area contributed by atoms with Crippen molar-refractivity contribution in [3.8, 4) is 0 Å². The van der Waals surface area contributed by atoms with Crippen LogP contribution < -0.4 is 4.72 Å². The van der Waals surface area contributed by atoms with Crippen LogP contribution in [0.25, 0.3) is 0 Å². The number of rotatable bonds is 9. The second-order valence-electron chi connectivity index (χ2n) is 5.33. The summed E-state index contributed by atoms with van der Waals surface area (Å²) in [5, 5.41) is 2.48. The predicted octanol–water partition coefficient (Wildman–Crippen LogP) is 3.42. The molecule has 0 aliphatic heterocycles. The van der Waals surface area contributed by atoms with Crippen LogP contribution in [-0.4, -0.2) is 27.5 Å². The van der Waals surface area contributed by atoms with Crippen LogP contribution in [0.15, 0.2) is 40.6 Å². The Morgan fingerprint density at radius 3 is 2.64 bits per heavy atom. The van der Waals surface area contributed by atoms with Crippen molar-refractivity contribution in [1.29, 1.82) is 0 Å². The molecule has 8 heteroatoms. The van der Waals surface area contributed by atoms with Crippen LogP contribution in [0.5, 0.6) is 0 Å². The van der Waals surface area contributed by atoms with Gasteiger partial charge < -0.3 is 4.74 Å². The van der Waals surface area contributed by atoms with E-state index in [0.29, 0.717) is 37.4 Å². The molecular weight excluding hydrogens is 382 g/mol. The molecule has 5 nitrogen and oxygen atoms in total. The fraction of sp³-hybridized carbons (Fsp3) is 0.353. The number of benzene rings is 1. The Bertz CT molecular complexity index is 800. The molecule has 136 valence electrons. The van der Waals surface area contributed by atoms with Gasteiger partial charge in [0.1, 0.15) is 0 Å². The minimum Gasteiger partial charge on any atom is -0.466 e. The summed E-state index contributed by atoms with van der Waals surface area (Å²) in [5.74, 6) is -0.201. The molecule has 0 atom stereocenters. The van der Waals surface area contributed by atoms with Gasteiger partial charge in [-0.1, -0.05) is 11.6 Å². The average molecular weight is 402 g/mol. The molecule has 0 fully saturated rings. The number of esters is 1. The molecule has 1 aromatic heterocycles. The summed E-state index contributed by atoms with van der Waals surface area (Å²) in [6.07, 6.45) is 1.58. The minimum atomic E-state index is -3.53. The van der Waals surface area contributed by atoms with Crippen molar-refractivity contribution in [2.45, 2.75) is 31.1 Å². The molecule has 0 aliphatic rings. The van der Waals surface area contributed by atoms with E-state index in [9.17, 15) is 13.2 Å². The fourth-order valence-electron chi connectivity index (χ4n) is 2.17. The third-order valence-corrected chi connectivity index (χ3v) is 6.19. The number of halogens is 1. The molecule has 25 heavy (non-hydrogen) atoms. The molecule has 0 saturated carbocycles. The van der Waals surface area contributed by atoms with Gasteiger partial charge in [-0.05, 0) is 61.0 Å². The molecule has 2 aromatic rings. The summed E-state index contributed by atoms with van der Waals surface area (Å²) in [5.41, 5.74) is 1.04. The van der Waals surface area contributed by atoms with Gasteiger partial charge in [0.25, 0.3) is 0 Å². The standard InChI is InChI=1S/C17H20ClNO4S2/c1-2-23-17(20)8-5-15-11-13(12-24-15)9-10-19-25(21,22)16-6-3-14(18)4-7-16/h3-4,6-7,11-12,19H,2,5,8-10H2,1H3. The zero-order chi connectivity index (χ0) is 18.3. The first-order valence-electron chi connectivity index (χ1n) is 7.88. The largest absolute Gasteiger partial charge is 0.466 e. The molecule has 0 spiro atoms. The molecular formula is C17H20ClNO4S2. The van der Waals surface area contributed by atoms with Gasteiger partial charge in [-0.15, -0.1) is 11.3 Å². The Balaban J connectivity index is 1.82. The van der Waals surface area contributed by atoms with Crippen LogP contribution in [-0.2, 0) is 32.4 Å². The van der Waals surface area contributed by atoms with E-state index >= 15 is 0 Å². The first kappa shape index (κ1) is 19.9. The van der Waals surface area contributed by atoms with Gasteiger partial charge in [-0.25, -0.2) is 13.1 Å². The van der Waals surface area contributed by atoms with Crippen LogP contribution in [0.1, 0.15) is 23.8 Å². The highest BCUT2D eigenvalue weighted by Crippen LogP contribution is 2.18. The summed E-state index contributed by atoms with van der Waals surface area (Å²) in [4.78, 5) is 12.6. The maximum absolute atomic E-state index is 12.2. The predicted molar refractivity (Wildman–Crippen MR) is 99.6 cm³/mol. The Hall–Kier alpha value is -1.41. The molecule has 1 N–H and O–H groups in total. The molecule has 1 aromatic carbocycles. The Kier molecular flexibility index (Phi) is 7.43. The monoisotopic (exact) mass is 401 g/mol. The average Bonchev–Trinajstić information content (AvgIpc) is 3.01. The number of aryl methyl sites for hydroxylation is 1. The van der Waals surface area contributed by atoms with E-state index in [1.54, 1.807) is 30.4 Å². The number of ether oxygens (including phenoxy) is 1. The lowest BCUT2D eigenvalue weighted by Gasteiger charge is -2.06. The van der Waals surface area contributed by atoms with Crippen molar-refractivity contribution in [3.05, 3.63) is 51.2 Å². The Morgan fingerprint density at radius 1 is 1.24 bits per heavy atom. The van der Waals surface area contributed by atoms with Gasteiger partial charge in [0.15, 0.2) is 0 Å². The van der Waals surface area contributed by atoms with E-state index in [2.05, 4.69) is 4.72 Å². The molecule has 0 unspecified atom stereocenters. The first-order valence-corrected chi connectivity index (χ1v) is 10.6. The second-order valence-corrected chi connectivity index (χ2v) is 8.53. The number of carbonyl (C=O) groups is 1. The van der Waals surface area contributed by atoms with E-state index in [1.807, 2.05) is 11.4 Å². The van der Waals surface area contributed by atoms with Crippen molar-refractivity contribution < 1.29 is 17.9 Å². The van der Waals surface area contributed by atoms with Crippen LogP contribution >= 0.6 is 22.9 Å². The van der Waals surface area contributed by atoms with E-state index in [1.165, 1.54) is 12.1 Å². The minimum absolute atomic E-state index is 0.192. The zero-order valence-electron chi connectivity index (χ0n) is 13.8. The smallest absolute Gasteiger partial charge is 0.306 e. The Labute approximate surface area is 157 Å². The highest BCUT2D eigenvalue weighted by Gasteiger charge is 2.13. The van der Waals surface area contributed by atoms with E-state index in [0.717, 1.165) is 10.4 Å². The normalized spacial score (nSPS) is 11.4. The highest BCUT2D eigenvalue weighted by atomic mass is 35.5. The van der Waals surface area contributed by atoms with Crippen molar-refractivity contribution in [1.82, 2.24) is 4.72 Å². The van der Waals surface area contributed by atoms with Crippen molar-refractivity contribution >= 4 is 38.9 Å². The summed E-state index contributed by atoms with van der Waals surface area (Å²) in [6, 6.07) is 8.04. The third kappa shape index (κ3) is 6.43. The van der Waals surface area contributed by atoms with Gasteiger partial charge in [-0.2, -0.15) is 0 Å². The van der Waals surface area contributed by atoms with Crippen molar-refractivity contribution in [3.63, 3.8) is 0 Å². The summed E-state index contributed by atoms with van der Waals surface area (Å²) >= 11 is 7.33. The quantitative estimate of drug-likeness (QED) is 0.653. The zero-order valence-corrected chi connectivity index (χ0v) is 16.2. The second kappa shape index (κ2) is 9.33. The van der Waals surface area contributed by atoms with Crippen LogP contribution in [0.3, 0.4) is 0 Å². The van der Waals surface area contributed by atoms with E-state index in [-0.39, 0.29) is 10.9 Å². The number of hydrogen-bond donors (Lipinski definition) is 1. The van der Waals surface area contributed by atoms with Gasteiger partial charge in [0.2, 0.25) is 10.0 Å². The van der Waals surface area contributed by atoms with Crippen LogP contribution in [0.2, 0.25) is 5.02 Å². The number of carbonyl (C=O) groups excluding carboxylic acids is 1. The molecule has 1 heterocycles. The van der Waals surface area contributed by atoms with Crippen molar-refractivity contribution in [2.24, 2.45) is 0 Å². The molecule has 0 saturated heterocycles. The van der Waals surface area contributed by atoms with Gasteiger partial charge in [-0.3, -0.25) is 4.79 Å². The van der Waals surface area contributed by atoms with Crippen molar-refractivity contribution in [2.75, 3.05) is 13.2 Å². The third-order valence-electron chi connectivity index (χ3n) is 3.42. The highest BCUT2D eigenvalue weighted by molar-refractivity contribution is 7.89. The van der Waals surface area contributed by atoms with Gasteiger partial charge >= 0.3 is 5.97 Å². The summed E-state index contributed by atoms with van der Waals surface area (Å²) in [7, 11) is -3.53. The summed E-state index contributed by atoms with van der Waals surface area (Å²) < 4.78 is 31.8. The lowest BCUT2D eigenvalue weighted by molar-refractivity contribution is -0.143. The van der Waals surface area contributed by atoms with E-state index < -0.39 is 10.0 Å². The number of hydrogen-bond acceptors (Lipinski definition) is 5. The maximum atomic E-state index is 12.2. The van der Waals surface area contributed by atoms with Crippen LogP contribution in [0.4, 0.5) is 0 Å². The molecule has 0 aliphatic carbocycles. The lowest BCUT2D eigenvalue weighted by Crippen LogP contribution is -2.25. The van der Waals surface area contributed by atoms with E-state index in [4.69, 9.17) is 16.3 Å². The first-order chi connectivity index (χ1) is 11.9. The number of thiophene rings is 1. The maximum Gasteiger partial charge on any atom is 0.306 e. The lowest BCUT2D eigenvalue weighted by atomic mass is 10.2.